The largest absolute Gasteiger partial charge is 0.495 e. The summed E-state index contributed by atoms with van der Waals surface area (Å²) < 4.78 is 6.10. The lowest BCUT2D eigenvalue weighted by molar-refractivity contribution is 0.102. The molecule has 1 N–H and O–H groups in total. The molecule has 0 saturated heterocycles. The molecular weight excluding hydrogens is 391 g/mol. The Bertz CT molecular complexity index is 662. The van der Waals surface area contributed by atoms with Gasteiger partial charge in [-0.3, -0.25) is 4.79 Å². The van der Waals surface area contributed by atoms with E-state index in [9.17, 15) is 4.79 Å². The van der Waals surface area contributed by atoms with Crippen LogP contribution in [0.2, 0.25) is 5.02 Å². The quantitative estimate of drug-likeness (QED) is 0.792. The minimum Gasteiger partial charge on any atom is -0.495 e. The molecule has 1 amide bonds. The van der Waals surface area contributed by atoms with Crippen molar-refractivity contribution in [2.75, 3.05) is 12.4 Å². The van der Waals surface area contributed by atoms with Crippen molar-refractivity contribution in [1.29, 1.82) is 0 Å². The Labute approximate surface area is 135 Å². The first-order valence-electron chi connectivity index (χ1n) is 5.79. The number of ether oxygens (including phenoxy) is 1. The molecule has 0 saturated carbocycles. The number of halogens is 2. The number of methoxy groups -OCH3 is 1. The monoisotopic (exact) mass is 402 g/mol. The van der Waals surface area contributed by atoms with Gasteiger partial charge in [-0.2, -0.15) is 0 Å². The molecule has 0 aliphatic rings. The highest BCUT2D eigenvalue weighted by atomic mass is 127. The van der Waals surface area contributed by atoms with Crippen LogP contribution in [0.1, 0.15) is 16.1 Å². The lowest BCUT2D eigenvalue weighted by Gasteiger charge is -2.08. The molecule has 2 aromatic rings. The fourth-order valence-electron chi connectivity index (χ4n) is 1.61. The van der Waals surface area contributed by atoms with E-state index in [-0.39, 0.29) is 5.91 Å². The predicted molar refractivity (Wildman–Crippen MR) is 87.6 cm³/mol. The highest BCUT2D eigenvalue weighted by Crippen LogP contribution is 2.25. The van der Waals surface area contributed by atoms with E-state index in [1.54, 1.807) is 24.3 Å². The summed E-state index contributed by atoms with van der Waals surface area (Å²) in [5.74, 6) is 0.786. The molecule has 104 valence electrons. The Hall–Kier alpha value is -1.34. The highest BCUT2D eigenvalue weighted by Gasteiger charge is 2.10. The molecule has 1 aromatic carbocycles. The number of nitrogens with zero attached hydrogens (tertiary/aromatic N) is 1. The number of hydrogen-bond donors (Lipinski definition) is 1. The Morgan fingerprint density at radius 2 is 2.10 bits per heavy atom. The molecule has 0 bridgehead atoms. The van der Waals surface area contributed by atoms with E-state index in [4.69, 9.17) is 16.3 Å². The van der Waals surface area contributed by atoms with Crippen LogP contribution >= 0.6 is 34.2 Å². The van der Waals surface area contributed by atoms with Crippen molar-refractivity contribution in [2.24, 2.45) is 0 Å². The summed E-state index contributed by atoms with van der Waals surface area (Å²) in [5, 5.41) is 3.13. The van der Waals surface area contributed by atoms with Gasteiger partial charge in [-0.1, -0.05) is 11.6 Å². The van der Waals surface area contributed by atoms with Crippen molar-refractivity contribution in [3.05, 3.63) is 50.2 Å². The van der Waals surface area contributed by atoms with Crippen LogP contribution < -0.4 is 10.1 Å². The zero-order valence-corrected chi connectivity index (χ0v) is 13.8. The lowest BCUT2D eigenvalue weighted by Crippen LogP contribution is -2.13. The number of carbonyl (C=O) groups excluding carboxylic acids is 1. The van der Waals surface area contributed by atoms with Gasteiger partial charge in [0.2, 0.25) is 0 Å². The van der Waals surface area contributed by atoms with Crippen molar-refractivity contribution in [3.63, 3.8) is 0 Å². The third kappa shape index (κ3) is 3.40. The standard InChI is InChI=1S/C14H12ClIN2O2/c1-8-11(16)4-6-13(17-8)18-14(19)9-3-5-12(20-2)10(15)7-9/h3-7H,1-2H3,(H,17,18,19). The van der Waals surface area contributed by atoms with Crippen LogP contribution in [-0.4, -0.2) is 18.0 Å². The normalized spacial score (nSPS) is 10.2. The van der Waals surface area contributed by atoms with Crippen LogP contribution in [0.25, 0.3) is 0 Å². The average Bonchev–Trinajstić information content (AvgIpc) is 2.42. The van der Waals surface area contributed by atoms with E-state index in [1.807, 2.05) is 13.0 Å². The summed E-state index contributed by atoms with van der Waals surface area (Å²) in [6, 6.07) is 8.54. The van der Waals surface area contributed by atoms with Gasteiger partial charge in [0, 0.05) is 9.13 Å². The van der Waals surface area contributed by atoms with Crippen LogP contribution in [0.4, 0.5) is 5.82 Å². The van der Waals surface area contributed by atoms with Gasteiger partial charge in [-0.15, -0.1) is 0 Å². The molecule has 0 atom stereocenters. The number of anilines is 1. The molecule has 4 nitrogen and oxygen atoms in total. The van der Waals surface area contributed by atoms with Crippen molar-refractivity contribution in [1.82, 2.24) is 4.98 Å². The van der Waals surface area contributed by atoms with Crippen LogP contribution in [0.15, 0.2) is 30.3 Å². The summed E-state index contributed by atoms with van der Waals surface area (Å²) in [6.07, 6.45) is 0. The summed E-state index contributed by atoms with van der Waals surface area (Å²) in [5.41, 5.74) is 1.32. The van der Waals surface area contributed by atoms with Crippen LogP contribution in [0.5, 0.6) is 5.75 Å². The third-order valence-electron chi connectivity index (χ3n) is 2.68. The molecule has 20 heavy (non-hydrogen) atoms. The Kier molecular flexibility index (Phi) is 4.82. The molecule has 1 heterocycles. The molecule has 0 fully saturated rings. The van der Waals surface area contributed by atoms with Gasteiger partial charge in [-0.05, 0) is 59.8 Å². The van der Waals surface area contributed by atoms with Crippen LogP contribution in [0, 0.1) is 10.5 Å². The van der Waals surface area contributed by atoms with E-state index in [2.05, 4.69) is 32.9 Å². The Morgan fingerprint density at radius 3 is 2.70 bits per heavy atom. The number of aryl methyl sites for hydroxylation is 1. The first-order valence-corrected chi connectivity index (χ1v) is 7.25. The van der Waals surface area contributed by atoms with Gasteiger partial charge in [0.05, 0.1) is 17.8 Å². The van der Waals surface area contributed by atoms with Crippen molar-refractivity contribution in [2.45, 2.75) is 6.92 Å². The molecule has 6 heteroatoms. The highest BCUT2D eigenvalue weighted by molar-refractivity contribution is 14.1. The van der Waals surface area contributed by atoms with Gasteiger partial charge >= 0.3 is 0 Å². The average molecular weight is 403 g/mol. The first-order chi connectivity index (χ1) is 9.51. The number of amides is 1. The molecule has 1 aromatic heterocycles. The fraction of sp³-hybridized carbons (Fsp3) is 0.143. The van der Waals surface area contributed by atoms with Crippen LogP contribution in [0.3, 0.4) is 0 Å². The van der Waals surface area contributed by atoms with Crippen molar-refractivity contribution >= 4 is 45.9 Å². The number of nitrogens with one attached hydrogen (secondary N) is 1. The smallest absolute Gasteiger partial charge is 0.256 e. The molecule has 0 unspecified atom stereocenters. The van der Waals surface area contributed by atoms with Gasteiger partial charge in [0.25, 0.3) is 5.91 Å². The number of benzene rings is 1. The minimum atomic E-state index is -0.261. The topological polar surface area (TPSA) is 51.2 Å². The van der Waals surface area contributed by atoms with E-state index < -0.39 is 0 Å². The molecular formula is C14H12ClIN2O2. The van der Waals surface area contributed by atoms with Gasteiger partial charge in [-0.25, -0.2) is 4.98 Å². The molecule has 0 aliphatic carbocycles. The van der Waals surface area contributed by atoms with Crippen molar-refractivity contribution in [3.8, 4) is 5.75 Å². The third-order valence-corrected chi connectivity index (χ3v) is 4.11. The summed E-state index contributed by atoms with van der Waals surface area (Å²) in [7, 11) is 1.53. The van der Waals surface area contributed by atoms with E-state index >= 15 is 0 Å². The molecule has 0 radical (unpaired) electrons. The number of aromatic nitrogens is 1. The van der Waals surface area contributed by atoms with Gasteiger partial charge in [0.15, 0.2) is 0 Å². The number of carbonyl (C=O) groups is 1. The molecule has 0 spiro atoms. The van der Waals surface area contributed by atoms with E-state index in [0.717, 1.165) is 9.26 Å². The predicted octanol–water partition coefficient (Wildman–Crippen LogP) is 3.91. The second-order valence-corrected chi connectivity index (χ2v) is 5.64. The minimum absolute atomic E-state index is 0.261. The van der Waals surface area contributed by atoms with Gasteiger partial charge in [0.1, 0.15) is 11.6 Å². The first kappa shape index (κ1) is 15.1. The van der Waals surface area contributed by atoms with E-state index in [1.165, 1.54) is 7.11 Å². The Morgan fingerprint density at radius 1 is 1.35 bits per heavy atom. The zero-order chi connectivity index (χ0) is 14.7. The van der Waals surface area contributed by atoms with Crippen molar-refractivity contribution < 1.29 is 9.53 Å². The number of pyridine rings is 1. The SMILES string of the molecule is COc1ccc(C(=O)Nc2ccc(I)c(C)n2)cc1Cl. The second-order valence-electron chi connectivity index (χ2n) is 4.07. The maximum Gasteiger partial charge on any atom is 0.256 e. The fourth-order valence-corrected chi connectivity index (χ4v) is 2.17. The number of rotatable bonds is 3. The van der Waals surface area contributed by atoms with Gasteiger partial charge < -0.3 is 10.1 Å². The number of hydrogen-bond acceptors (Lipinski definition) is 3. The zero-order valence-electron chi connectivity index (χ0n) is 10.9. The molecule has 2 rings (SSSR count). The lowest BCUT2D eigenvalue weighted by atomic mass is 10.2. The van der Waals surface area contributed by atoms with E-state index in [0.29, 0.717) is 22.2 Å². The summed E-state index contributed by atoms with van der Waals surface area (Å²) in [6.45, 7) is 1.89. The summed E-state index contributed by atoms with van der Waals surface area (Å²) in [4.78, 5) is 16.4. The summed E-state index contributed by atoms with van der Waals surface area (Å²) >= 11 is 8.19. The second kappa shape index (κ2) is 6.41. The Balaban J connectivity index is 2.19. The maximum atomic E-state index is 12.1. The molecule has 0 aliphatic heterocycles. The van der Waals surface area contributed by atoms with Crippen LogP contribution in [-0.2, 0) is 0 Å². The maximum absolute atomic E-state index is 12.1.